The van der Waals surface area contributed by atoms with Crippen molar-refractivity contribution in [2.24, 2.45) is 0 Å². The molecule has 0 atom stereocenters. The minimum atomic E-state index is -2.90. The second kappa shape index (κ2) is 4.41. The molecule has 0 aliphatic heterocycles. The maximum Gasteiger partial charge on any atom is 0.166 e. The summed E-state index contributed by atoms with van der Waals surface area (Å²) in [5, 5.41) is 0. The molecule has 0 saturated heterocycles. The fraction of sp³-hybridized carbons (Fsp3) is 0.444. The fourth-order valence-electron chi connectivity index (χ4n) is 1.24. The molecule has 0 fully saturated rings. The Labute approximate surface area is 83.5 Å². The lowest BCUT2D eigenvalue weighted by atomic mass is 10.4. The van der Waals surface area contributed by atoms with Crippen LogP contribution in [-0.2, 0) is 16.4 Å². The molecule has 78 valence electrons. The van der Waals surface area contributed by atoms with Gasteiger partial charge in [0, 0.05) is 19.0 Å². The molecule has 4 nitrogen and oxygen atoms in total. The molecule has 0 aromatic carbocycles. The summed E-state index contributed by atoms with van der Waals surface area (Å²) < 4.78 is 23.4. The molecule has 1 heterocycles. The maximum atomic E-state index is 10.8. The van der Waals surface area contributed by atoms with Crippen molar-refractivity contribution in [2.75, 3.05) is 12.0 Å². The van der Waals surface area contributed by atoms with Crippen molar-refractivity contribution in [1.29, 1.82) is 0 Å². The molecule has 1 aromatic rings. The van der Waals surface area contributed by atoms with Gasteiger partial charge in [-0.25, -0.2) is 8.42 Å². The third-order valence-corrected chi connectivity index (χ3v) is 2.93. The van der Waals surface area contributed by atoms with E-state index in [1.54, 1.807) is 22.9 Å². The van der Waals surface area contributed by atoms with Crippen LogP contribution >= 0.6 is 0 Å². The molecule has 0 saturated carbocycles. The topological polar surface area (TPSA) is 56.1 Å². The van der Waals surface area contributed by atoms with Gasteiger partial charge in [0.05, 0.1) is 11.4 Å². The molecule has 0 radical (unpaired) electrons. The van der Waals surface area contributed by atoms with Crippen LogP contribution in [0.15, 0.2) is 18.3 Å². The molecule has 1 aromatic heterocycles. The molecule has 0 aliphatic carbocycles. The molecule has 0 aliphatic rings. The smallest absolute Gasteiger partial charge is 0.166 e. The molecule has 0 unspecified atom stereocenters. The summed E-state index contributed by atoms with van der Waals surface area (Å²) in [6.45, 7) is 0.564. The highest BCUT2D eigenvalue weighted by Gasteiger charge is 2.03. The van der Waals surface area contributed by atoms with E-state index in [1.165, 1.54) is 6.26 Å². The molecule has 1 rings (SSSR count). The van der Waals surface area contributed by atoms with Crippen LogP contribution in [0.25, 0.3) is 0 Å². The van der Waals surface area contributed by atoms with E-state index in [9.17, 15) is 13.2 Å². The van der Waals surface area contributed by atoms with Crippen LogP contribution < -0.4 is 0 Å². The van der Waals surface area contributed by atoms with Crippen molar-refractivity contribution in [2.45, 2.75) is 13.0 Å². The Hall–Kier alpha value is -1.10. The number of aldehydes is 1. The Morgan fingerprint density at radius 2 is 2.21 bits per heavy atom. The Kier molecular flexibility index (Phi) is 3.46. The number of carbonyl (C=O) groups is 1. The number of carbonyl (C=O) groups excluding carboxylic acids is 1. The Morgan fingerprint density at radius 3 is 2.79 bits per heavy atom. The lowest BCUT2D eigenvalue weighted by molar-refractivity contribution is 0.111. The van der Waals surface area contributed by atoms with Crippen LogP contribution in [0.1, 0.15) is 16.9 Å². The number of rotatable bonds is 5. The Morgan fingerprint density at radius 1 is 1.50 bits per heavy atom. The van der Waals surface area contributed by atoms with Crippen LogP contribution in [0, 0.1) is 0 Å². The molecule has 14 heavy (non-hydrogen) atoms. The molecular weight excluding hydrogens is 202 g/mol. The van der Waals surface area contributed by atoms with Crippen LogP contribution in [0.5, 0.6) is 0 Å². The number of aryl methyl sites for hydroxylation is 1. The van der Waals surface area contributed by atoms with E-state index in [0.717, 1.165) is 6.29 Å². The second-order valence-electron chi connectivity index (χ2n) is 3.23. The Balaban J connectivity index is 2.50. The van der Waals surface area contributed by atoms with Crippen molar-refractivity contribution in [3.8, 4) is 0 Å². The summed E-state index contributed by atoms with van der Waals surface area (Å²) >= 11 is 0. The molecule has 5 heteroatoms. The highest BCUT2D eigenvalue weighted by Crippen LogP contribution is 2.01. The van der Waals surface area contributed by atoms with Crippen molar-refractivity contribution in [1.82, 2.24) is 4.57 Å². The average molecular weight is 215 g/mol. The van der Waals surface area contributed by atoms with Crippen LogP contribution in [0.2, 0.25) is 0 Å². The van der Waals surface area contributed by atoms with E-state index in [-0.39, 0.29) is 5.75 Å². The Bertz CT molecular complexity index is 405. The van der Waals surface area contributed by atoms with Crippen LogP contribution in [0.3, 0.4) is 0 Å². The standard InChI is InChI=1S/C9H13NO3S/c1-14(12,13)7-3-6-10-5-2-4-9(10)8-11/h2,4-5,8H,3,6-7H2,1H3. The lowest BCUT2D eigenvalue weighted by Gasteiger charge is -2.03. The van der Waals surface area contributed by atoms with Gasteiger partial charge in [-0.2, -0.15) is 0 Å². The van der Waals surface area contributed by atoms with Crippen LogP contribution in [0.4, 0.5) is 0 Å². The molecule has 0 amide bonds. The van der Waals surface area contributed by atoms with E-state index in [0.29, 0.717) is 18.7 Å². The summed E-state index contributed by atoms with van der Waals surface area (Å²) in [5.74, 6) is 0.156. The third kappa shape index (κ3) is 3.33. The first-order chi connectivity index (χ1) is 6.53. The first-order valence-electron chi connectivity index (χ1n) is 4.31. The highest BCUT2D eigenvalue weighted by atomic mass is 32.2. The average Bonchev–Trinajstić information content (AvgIpc) is 2.49. The van der Waals surface area contributed by atoms with Gasteiger partial charge in [-0.05, 0) is 18.6 Å². The normalized spacial score (nSPS) is 11.5. The predicted octanol–water partition coefficient (Wildman–Crippen LogP) is 0.735. The molecular formula is C9H13NO3S. The largest absolute Gasteiger partial charge is 0.345 e. The second-order valence-corrected chi connectivity index (χ2v) is 5.49. The summed E-state index contributed by atoms with van der Waals surface area (Å²) in [5.41, 5.74) is 0.582. The summed E-state index contributed by atoms with van der Waals surface area (Å²) in [6, 6.07) is 3.47. The first kappa shape index (κ1) is 11.0. The fourth-order valence-corrected chi connectivity index (χ4v) is 1.89. The molecule has 0 bridgehead atoms. The number of sulfone groups is 1. The minimum Gasteiger partial charge on any atom is -0.345 e. The molecule has 0 N–H and O–H groups in total. The van der Waals surface area contributed by atoms with Crippen LogP contribution in [-0.4, -0.2) is 31.3 Å². The first-order valence-corrected chi connectivity index (χ1v) is 6.37. The van der Waals surface area contributed by atoms with Gasteiger partial charge < -0.3 is 4.57 Å². The third-order valence-electron chi connectivity index (χ3n) is 1.90. The van der Waals surface area contributed by atoms with Gasteiger partial charge in [0.1, 0.15) is 9.84 Å². The zero-order valence-electron chi connectivity index (χ0n) is 8.01. The predicted molar refractivity (Wildman–Crippen MR) is 54.1 cm³/mol. The van der Waals surface area contributed by atoms with E-state index >= 15 is 0 Å². The number of nitrogens with zero attached hydrogens (tertiary/aromatic N) is 1. The van der Waals surface area contributed by atoms with Gasteiger partial charge in [0.25, 0.3) is 0 Å². The summed E-state index contributed by atoms with van der Waals surface area (Å²) in [4.78, 5) is 10.5. The van der Waals surface area contributed by atoms with Gasteiger partial charge in [-0.3, -0.25) is 4.79 Å². The zero-order chi connectivity index (χ0) is 10.6. The van der Waals surface area contributed by atoms with Crippen molar-refractivity contribution in [3.63, 3.8) is 0 Å². The van der Waals surface area contributed by atoms with E-state index < -0.39 is 9.84 Å². The van der Waals surface area contributed by atoms with Gasteiger partial charge in [-0.1, -0.05) is 0 Å². The van der Waals surface area contributed by atoms with Gasteiger partial charge in [0.15, 0.2) is 6.29 Å². The number of hydrogen-bond donors (Lipinski definition) is 0. The highest BCUT2D eigenvalue weighted by molar-refractivity contribution is 7.90. The molecule has 0 spiro atoms. The van der Waals surface area contributed by atoms with Gasteiger partial charge in [0.2, 0.25) is 0 Å². The zero-order valence-corrected chi connectivity index (χ0v) is 8.83. The monoisotopic (exact) mass is 215 g/mol. The quantitative estimate of drug-likeness (QED) is 0.680. The van der Waals surface area contributed by atoms with Gasteiger partial charge >= 0.3 is 0 Å². The van der Waals surface area contributed by atoms with Crippen molar-refractivity contribution < 1.29 is 13.2 Å². The number of aromatic nitrogens is 1. The minimum absolute atomic E-state index is 0.156. The maximum absolute atomic E-state index is 10.8. The van der Waals surface area contributed by atoms with Gasteiger partial charge in [-0.15, -0.1) is 0 Å². The van der Waals surface area contributed by atoms with E-state index in [2.05, 4.69) is 0 Å². The summed E-state index contributed by atoms with van der Waals surface area (Å²) in [7, 11) is -2.90. The van der Waals surface area contributed by atoms with E-state index in [4.69, 9.17) is 0 Å². The number of hydrogen-bond acceptors (Lipinski definition) is 3. The summed E-state index contributed by atoms with van der Waals surface area (Å²) in [6.07, 6.45) is 4.28. The van der Waals surface area contributed by atoms with Crippen molar-refractivity contribution >= 4 is 16.1 Å². The van der Waals surface area contributed by atoms with E-state index in [1.807, 2.05) is 0 Å². The van der Waals surface area contributed by atoms with Crippen molar-refractivity contribution in [3.05, 3.63) is 24.0 Å². The lowest BCUT2D eigenvalue weighted by Crippen LogP contribution is -2.08. The SMILES string of the molecule is CS(=O)(=O)CCCn1cccc1C=O.